The van der Waals surface area contributed by atoms with Crippen LogP contribution in [0.4, 0.5) is 11.6 Å². The molecular formula is C24H25N5O2S. The Hall–Kier alpha value is -3.65. The van der Waals surface area contributed by atoms with Gasteiger partial charge < -0.3 is 21.5 Å². The summed E-state index contributed by atoms with van der Waals surface area (Å²) in [5, 5.41) is 3.92. The quantitative estimate of drug-likeness (QED) is 0.356. The predicted octanol–water partition coefficient (Wildman–Crippen LogP) is 4.83. The van der Waals surface area contributed by atoms with E-state index in [9.17, 15) is 4.79 Å². The molecule has 4 aromatic rings. The lowest BCUT2D eigenvalue weighted by molar-refractivity contribution is 0.100. The van der Waals surface area contributed by atoms with Crippen LogP contribution in [0.15, 0.2) is 54.6 Å². The third-order valence-electron chi connectivity index (χ3n) is 5.18. The Labute approximate surface area is 190 Å². The van der Waals surface area contributed by atoms with Gasteiger partial charge in [-0.25, -0.2) is 9.97 Å². The van der Waals surface area contributed by atoms with Crippen LogP contribution in [0.2, 0.25) is 0 Å². The number of para-hydroxylation sites is 1. The fraction of sp³-hybridized carbons (Fsp3) is 0.208. The zero-order chi connectivity index (χ0) is 22.7. The van der Waals surface area contributed by atoms with Crippen LogP contribution in [-0.4, -0.2) is 21.9 Å². The number of ether oxygens (including phenoxy) is 1. The molecule has 2 aromatic carbocycles. The number of thiophene rings is 1. The highest BCUT2D eigenvalue weighted by Gasteiger charge is 2.23. The van der Waals surface area contributed by atoms with Crippen molar-refractivity contribution in [3.05, 3.63) is 65.0 Å². The molecule has 0 aliphatic heterocycles. The molecule has 0 saturated carbocycles. The number of benzene rings is 2. The van der Waals surface area contributed by atoms with E-state index in [1.807, 2.05) is 54.6 Å². The van der Waals surface area contributed by atoms with Gasteiger partial charge in [0.25, 0.3) is 5.91 Å². The highest BCUT2D eigenvalue weighted by Crippen LogP contribution is 2.41. The number of hydrogen-bond donors (Lipinski definition) is 3. The molecule has 0 saturated heterocycles. The van der Waals surface area contributed by atoms with Gasteiger partial charge in [-0.15, -0.1) is 11.3 Å². The van der Waals surface area contributed by atoms with Crippen molar-refractivity contribution >= 4 is 39.1 Å². The summed E-state index contributed by atoms with van der Waals surface area (Å²) in [6.07, 6.45) is 0.909. The molecule has 32 heavy (non-hydrogen) atoms. The molecule has 0 bridgehead atoms. The van der Waals surface area contributed by atoms with E-state index in [1.165, 1.54) is 11.3 Å². The minimum Gasteiger partial charge on any atom is -0.488 e. The average molecular weight is 448 g/mol. The molecule has 0 radical (unpaired) electrons. The summed E-state index contributed by atoms with van der Waals surface area (Å²) >= 11 is 1.17. The minimum atomic E-state index is -0.582. The van der Waals surface area contributed by atoms with Gasteiger partial charge in [0.1, 0.15) is 22.1 Å². The number of hydrogen-bond acceptors (Lipinski definition) is 7. The van der Waals surface area contributed by atoms with Crippen LogP contribution in [0.1, 0.15) is 35.5 Å². The van der Waals surface area contributed by atoms with E-state index in [0.717, 1.165) is 17.5 Å². The van der Waals surface area contributed by atoms with Gasteiger partial charge in [0, 0.05) is 11.6 Å². The van der Waals surface area contributed by atoms with E-state index in [2.05, 4.69) is 24.1 Å². The smallest absolute Gasteiger partial charge is 0.260 e. The first-order valence-electron chi connectivity index (χ1n) is 10.4. The average Bonchev–Trinajstić information content (AvgIpc) is 3.14. The summed E-state index contributed by atoms with van der Waals surface area (Å²) in [4.78, 5) is 22.2. The molecule has 2 heterocycles. The maximum Gasteiger partial charge on any atom is 0.260 e. The van der Waals surface area contributed by atoms with Gasteiger partial charge >= 0.3 is 0 Å². The monoisotopic (exact) mass is 447 g/mol. The number of nitrogens with two attached hydrogens (primary N) is 2. The van der Waals surface area contributed by atoms with Crippen LogP contribution in [-0.2, 0) is 6.61 Å². The number of amides is 1. The number of fused-ring (bicyclic) bond motifs is 1. The largest absolute Gasteiger partial charge is 0.488 e. The molecule has 1 unspecified atom stereocenters. The Balaban J connectivity index is 1.84. The van der Waals surface area contributed by atoms with E-state index < -0.39 is 5.91 Å². The van der Waals surface area contributed by atoms with Crippen LogP contribution < -0.4 is 21.5 Å². The second-order valence-electron chi connectivity index (χ2n) is 7.51. The first-order chi connectivity index (χ1) is 15.5. The van der Waals surface area contributed by atoms with Crippen molar-refractivity contribution in [1.82, 2.24) is 9.97 Å². The molecular weight excluding hydrogens is 422 g/mol. The van der Waals surface area contributed by atoms with E-state index in [1.54, 1.807) is 0 Å². The SMILES string of the molecule is CCC(C)Nc1nc(-c2ccccc2OCc2ccccc2)c2c(N)c(C(N)=O)sc2n1. The Kier molecular flexibility index (Phi) is 6.23. The minimum absolute atomic E-state index is 0.179. The van der Waals surface area contributed by atoms with Crippen LogP contribution in [0.25, 0.3) is 21.5 Å². The number of nitrogens with one attached hydrogen (secondary N) is 1. The second kappa shape index (κ2) is 9.23. The standard InChI is InChI=1S/C24H25N5O2S/c1-3-14(2)27-24-28-20(18-19(25)21(22(26)30)32-23(18)29-24)16-11-7-8-12-17(16)31-13-15-9-5-4-6-10-15/h4-12,14H,3,13,25H2,1-2H3,(H2,26,30)(H,27,28,29). The summed E-state index contributed by atoms with van der Waals surface area (Å²) in [6.45, 7) is 4.55. The number of carbonyl (C=O) groups is 1. The molecule has 1 amide bonds. The fourth-order valence-corrected chi connectivity index (χ4v) is 4.26. The van der Waals surface area contributed by atoms with E-state index in [0.29, 0.717) is 39.9 Å². The Morgan fingerprint density at radius 3 is 2.56 bits per heavy atom. The predicted molar refractivity (Wildman–Crippen MR) is 130 cm³/mol. The molecule has 5 N–H and O–H groups in total. The van der Waals surface area contributed by atoms with Crippen molar-refractivity contribution in [2.45, 2.75) is 32.9 Å². The zero-order valence-electron chi connectivity index (χ0n) is 18.0. The number of carbonyl (C=O) groups excluding carboxylic acids is 1. The molecule has 0 fully saturated rings. The number of rotatable bonds is 8. The van der Waals surface area contributed by atoms with Gasteiger partial charge in [-0.1, -0.05) is 49.4 Å². The van der Waals surface area contributed by atoms with Crippen LogP contribution in [0.5, 0.6) is 5.75 Å². The lowest BCUT2D eigenvalue weighted by atomic mass is 10.1. The van der Waals surface area contributed by atoms with Crippen molar-refractivity contribution in [1.29, 1.82) is 0 Å². The highest BCUT2D eigenvalue weighted by atomic mass is 32.1. The van der Waals surface area contributed by atoms with Crippen molar-refractivity contribution in [2.24, 2.45) is 5.73 Å². The van der Waals surface area contributed by atoms with Gasteiger partial charge in [-0.3, -0.25) is 4.79 Å². The van der Waals surface area contributed by atoms with Crippen LogP contribution in [0, 0.1) is 0 Å². The summed E-state index contributed by atoms with van der Waals surface area (Å²) < 4.78 is 6.15. The summed E-state index contributed by atoms with van der Waals surface area (Å²) in [6, 6.07) is 17.8. The molecule has 1 atom stereocenters. The summed E-state index contributed by atoms with van der Waals surface area (Å²) in [5.74, 6) is 0.551. The van der Waals surface area contributed by atoms with E-state index in [-0.39, 0.29) is 10.9 Å². The molecule has 164 valence electrons. The van der Waals surface area contributed by atoms with Gasteiger partial charge in [0.2, 0.25) is 5.95 Å². The first-order valence-corrected chi connectivity index (χ1v) is 11.2. The van der Waals surface area contributed by atoms with Crippen molar-refractivity contribution < 1.29 is 9.53 Å². The summed E-state index contributed by atoms with van der Waals surface area (Å²) in [7, 11) is 0. The van der Waals surface area contributed by atoms with Crippen molar-refractivity contribution in [3.8, 4) is 17.0 Å². The number of nitrogen functional groups attached to an aromatic ring is 1. The first kappa shape index (κ1) is 21.6. The van der Waals surface area contributed by atoms with Crippen LogP contribution >= 0.6 is 11.3 Å². The fourth-order valence-electron chi connectivity index (χ4n) is 3.31. The van der Waals surface area contributed by atoms with E-state index in [4.69, 9.17) is 21.2 Å². The maximum atomic E-state index is 11.9. The van der Waals surface area contributed by atoms with Crippen LogP contribution in [0.3, 0.4) is 0 Å². The molecule has 0 aliphatic rings. The van der Waals surface area contributed by atoms with Gasteiger partial charge in [-0.2, -0.15) is 0 Å². The Morgan fingerprint density at radius 1 is 1.12 bits per heavy atom. The number of anilines is 2. The molecule has 2 aromatic heterocycles. The van der Waals surface area contributed by atoms with Gasteiger partial charge in [0.05, 0.1) is 16.8 Å². The molecule has 7 nitrogen and oxygen atoms in total. The van der Waals surface area contributed by atoms with Crippen molar-refractivity contribution in [2.75, 3.05) is 11.1 Å². The van der Waals surface area contributed by atoms with Crippen molar-refractivity contribution in [3.63, 3.8) is 0 Å². The Morgan fingerprint density at radius 2 is 1.84 bits per heavy atom. The third-order valence-corrected chi connectivity index (χ3v) is 6.29. The number of nitrogens with zero attached hydrogens (tertiary/aromatic N) is 2. The normalized spacial score (nSPS) is 11.9. The van der Waals surface area contributed by atoms with Gasteiger partial charge in [-0.05, 0) is 31.0 Å². The zero-order valence-corrected chi connectivity index (χ0v) is 18.8. The topological polar surface area (TPSA) is 116 Å². The lowest BCUT2D eigenvalue weighted by Crippen LogP contribution is -2.16. The van der Waals surface area contributed by atoms with Gasteiger partial charge in [0.15, 0.2) is 0 Å². The molecule has 0 aliphatic carbocycles. The second-order valence-corrected chi connectivity index (χ2v) is 8.51. The third kappa shape index (κ3) is 4.36. The molecule has 4 rings (SSSR count). The highest BCUT2D eigenvalue weighted by molar-refractivity contribution is 7.21. The number of aromatic nitrogens is 2. The summed E-state index contributed by atoms with van der Waals surface area (Å²) in [5.41, 5.74) is 14.6. The molecule has 0 spiro atoms. The maximum absolute atomic E-state index is 11.9. The van der Waals surface area contributed by atoms with E-state index >= 15 is 0 Å². The Bertz CT molecular complexity index is 1260. The number of primary amides is 1. The molecule has 8 heteroatoms. The lowest BCUT2D eigenvalue weighted by Gasteiger charge is -2.15.